The average Bonchev–Trinajstić information content (AvgIpc) is 2.49. The van der Waals surface area contributed by atoms with Gasteiger partial charge in [-0.15, -0.1) is 12.4 Å². The number of hydrogen-bond acceptors (Lipinski definition) is 2. The van der Waals surface area contributed by atoms with E-state index in [4.69, 9.17) is 5.73 Å². The van der Waals surface area contributed by atoms with Gasteiger partial charge in [-0.3, -0.25) is 4.79 Å². The Bertz CT molecular complexity index is 248. The lowest BCUT2D eigenvalue weighted by atomic mass is 10.00. The minimum absolute atomic E-state index is 0. The zero-order valence-corrected chi connectivity index (χ0v) is 10.2. The monoisotopic (exact) mass is 274 g/mol. The second-order valence-electron chi connectivity index (χ2n) is 4.27. The summed E-state index contributed by atoms with van der Waals surface area (Å²) in [5, 5.41) is 2.27. The van der Waals surface area contributed by atoms with Crippen LogP contribution < -0.4 is 11.1 Å². The Labute approximate surface area is 105 Å². The molecule has 0 heterocycles. The molecule has 0 aromatic heterocycles. The molecule has 0 saturated heterocycles. The molecule has 0 aromatic rings. The Kier molecular flexibility index (Phi) is 6.85. The predicted molar refractivity (Wildman–Crippen MR) is 60.9 cm³/mol. The summed E-state index contributed by atoms with van der Waals surface area (Å²) in [7, 11) is 0. The second-order valence-corrected chi connectivity index (χ2v) is 4.27. The van der Waals surface area contributed by atoms with Crippen molar-refractivity contribution >= 4 is 18.3 Å². The first kappa shape index (κ1) is 16.5. The number of amides is 1. The number of nitrogens with two attached hydrogens (primary N) is 1. The van der Waals surface area contributed by atoms with Crippen molar-refractivity contribution in [2.45, 2.75) is 44.3 Å². The third-order valence-corrected chi connectivity index (χ3v) is 2.90. The predicted octanol–water partition coefficient (Wildman–Crippen LogP) is 1.99. The van der Waals surface area contributed by atoms with Crippen molar-refractivity contribution in [2.24, 2.45) is 11.7 Å². The molecule has 102 valence electrons. The van der Waals surface area contributed by atoms with Crippen LogP contribution in [0.2, 0.25) is 0 Å². The minimum atomic E-state index is -4.21. The second kappa shape index (κ2) is 7.06. The van der Waals surface area contributed by atoms with Crippen molar-refractivity contribution in [3.8, 4) is 0 Å². The van der Waals surface area contributed by atoms with Gasteiger partial charge in [0.05, 0.1) is 6.42 Å². The van der Waals surface area contributed by atoms with Crippen molar-refractivity contribution in [2.75, 3.05) is 6.54 Å². The zero-order valence-electron chi connectivity index (χ0n) is 9.43. The van der Waals surface area contributed by atoms with Gasteiger partial charge in [0.15, 0.2) is 0 Å². The number of nitrogens with one attached hydrogen (secondary N) is 1. The van der Waals surface area contributed by atoms with Crippen molar-refractivity contribution in [1.29, 1.82) is 0 Å². The van der Waals surface area contributed by atoms with Gasteiger partial charge in [0, 0.05) is 19.0 Å². The summed E-state index contributed by atoms with van der Waals surface area (Å²) in [6.07, 6.45) is -2.14. The molecule has 0 bridgehead atoms. The van der Waals surface area contributed by atoms with Crippen LogP contribution in [-0.2, 0) is 4.79 Å². The first-order valence-electron chi connectivity index (χ1n) is 5.47. The molecular formula is C10H18ClF3N2O. The van der Waals surface area contributed by atoms with Crippen LogP contribution in [0, 0.1) is 5.92 Å². The van der Waals surface area contributed by atoms with E-state index in [2.05, 4.69) is 5.32 Å². The highest BCUT2D eigenvalue weighted by Crippen LogP contribution is 2.26. The number of alkyl halides is 3. The fourth-order valence-electron chi connectivity index (χ4n) is 1.97. The van der Waals surface area contributed by atoms with Crippen LogP contribution in [0.5, 0.6) is 0 Å². The molecule has 0 radical (unpaired) electrons. The molecule has 3 nitrogen and oxygen atoms in total. The number of carbonyl (C=O) groups is 1. The van der Waals surface area contributed by atoms with Gasteiger partial charge in [0.25, 0.3) is 0 Å². The van der Waals surface area contributed by atoms with Gasteiger partial charge in [-0.1, -0.05) is 6.42 Å². The minimum Gasteiger partial charge on any atom is -0.356 e. The zero-order chi connectivity index (χ0) is 12.2. The maximum atomic E-state index is 11.8. The smallest absolute Gasteiger partial charge is 0.356 e. The maximum absolute atomic E-state index is 11.8. The summed E-state index contributed by atoms with van der Waals surface area (Å²) in [5.74, 6) is -0.197. The summed E-state index contributed by atoms with van der Waals surface area (Å²) in [5.41, 5.74) is 5.77. The molecule has 1 fully saturated rings. The SMILES string of the molecule is Cl.N[C@@H]1CCC[C@H]1CC(=O)NCCC(F)(F)F. The lowest BCUT2D eigenvalue weighted by molar-refractivity contribution is -0.135. The molecule has 17 heavy (non-hydrogen) atoms. The van der Waals surface area contributed by atoms with E-state index < -0.39 is 12.6 Å². The highest BCUT2D eigenvalue weighted by atomic mass is 35.5. The molecule has 0 unspecified atom stereocenters. The first-order chi connectivity index (χ1) is 7.38. The molecule has 0 aliphatic heterocycles. The standard InChI is InChI=1S/C10H17F3N2O.ClH/c11-10(12,13)4-5-15-9(16)6-7-2-1-3-8(7)14;/h7-8H,1-6,14H2,(H,15,16);1H/t7-,8+;/m0./s1. The van der Waals surface area contributed by atoms with E-state index in [0.29, 0.717) is 0 Å². The Balaban J connectivity index is 0.00000256. The molecule has 0 aromatic carbocycles. The Hall–Kier alpha value is -0.490. The lowest BCUT2D eigenvalue weighted by Gasteiger charge is -2.15. The summed E-state index contributed by atoms with van der Waals surface area (Å²) < 4.78 is 35.4. The normalized spacial score (nSPS) is 24.2. The van der Waals surface area contributed by atoms with Gasteiger partial charge in [0.2, 0.25) is 5.91 Å². The molecule has 7 heteroatoms. The summed E-state index contributed by atoms with van der Waals surface area (Å²) in [4.78, 5) is 11.3. The molecule has 1 aliphatic carbocycles. The Morgan fingerprint density at radius 2 is 2.00 bits per heavy atom. The van der Waals surface area contributed by atoms with E-state index in [1.54, 1.807) is 0 Å². The summed E-state index contributed by atoms with van der Waals surface area (Å²) in [6.45, 7) is -0.343. The molecular weight excluding hydrogens is 257 g/mol. The molecule has 1 amide bonds. The number of rotatable bonds is 4. The van der Waals surface area contributed by atoms with Gasteiger partial charge in [-0.2, -0.15) is 13.2 Å². The van der Waals surface area contributed by atoms with Crippen LogP contribution in [0.3, 0.4) is 0 Å². The highest BCUT2D eigenvalue weighted by molar-refractivity contribution is 5.85. The first-order valence-corrected chi connectivity index (χ1v) is 5.47. The van der Waals surface area contributed by atoms with Crippen LogP contribution in [0.15, 0.2) is 0 Å². The molecule has 1 rings (SSSR count). The fraction of sp³-hybridized carbons (Fsp3) is 0.900. The van der Waals surface area contributed by atoms with E-state index in [9.17, 15) is 18.0 Å². The van der Waals surface area contributed by atoms with Crippen LogP contribution in [0.4, 0.5) is 13.2 Å². The Morgan fingerprint density at radius 3 is 2.47 bits per heavy atom. The number of carbonyl (C=O) groups excluding carboxylic acids is 1. The van der Waals surface area contributed by atoms with Gasteiger partial charge >= 0.3 is 6.18 Å². The van der Waals surface area contributed by atoms with E-state index >= 15 is 0 Å². The quantitative estimate of drug-likeness (QED) is 0.824. The van der Waals surface area contributed by atoms with Crippen LogP contribution in [0.25, 0.3) is 0 Å². The molecule has 1 aliphatic rings. The molecule has 0 spiro atoms. The summed E-state index contributed by atoms with van der Waals surface area (Å²) >= 11 is 0. The van der Waals surface area contributed by atoms with Crippen molar-refractivity contribution in [3.63, 3.8) is 0 Å². The van der Waals surface area contributed by atoms with Crippen LogP contribution in [-0.4, -0.2) is 24.7 Å². The third-order valence-electron chi connectivity index (χ3n) is 2.90. The third kappa shape index (κ3) is 6.73. The van der Waals surface area contributed by atoms with Gasteiger partial charge in [-0.05, 0) is 18.8 Å². The van der Waals surface area contributed by atoms with Crippen molar-refractivity contribution in [1.82, 2.24) is 5.32 Å². The largest absolute Gasteiger partial charge is 0.390 e. The number of halogens is 4. The maximum Gasteiger partial charge on any atom is 0.390 e. The van der Waals surface area contributed by atoms with E-state index in [0.717, 1.165) is 19.3 Å². The highest BCUT2D eigenvalue weighted by Gasteiger charge is 2.28. The summed E-state index contributed by atoms with van der Waals surface area (Å²) in [6, 6.07) is 0.0216. The topological polar surface area (TPSA) is 55.1 Å². The van der Waals surface area contributed by atoms with Gasteiger partial charge in [-0.25, -0.2) is 0 Å². The van der Waals surface area contributed by atoms with Crippen molar-refractivity contribution in [3.05, 3.63) is 0 Å². The van der Waals surface area contributed by atoms with Crippen LogP contribution >= 0.6 is 12.4 Å². The van der Waals surface area contributed by atoms with E-state index in [-0.39, 0.29) is 43.2 Å². The van der Waals surface area contributed by atoms with Gasteiger partial charge in [0.1, 0.15) is 0 Å². The van der Waals surface area contributed by atoms with E-state index in [1.807, 2.05) is 0 Å². The van der Waals surface area contributed by atoms with Crippen molar-refractivity contribution < 1.29 is 18.0 Å². The molecule has 3 N–H and O–H groups in total. The lowest BCUT2D eigenvalue weighted by Crippen LogP contribution is -2.33. The van der Waals surface area contributed by atoms with E-state index in [1.165, 1.54) is 0 Å². The Morgan fingerprint density at radius 1 is 1.35 bits per heavy atom. The molecule has 1 saturated carbocycles. The number of hydrogen-bond donors (Lipinski definition) is 2. The fourth-order valence-corrected chi connectivity index (χ4v) is 1.97. The molecule has 2 atom stereocenters. The average molecular weight is 275 g/mol. The van der Waals surface area contributed by atoms with Crippen LogP contribution in [0.1, 0.15) is 32.1 Å². The van der Waals surface area contributed by atoms with Gasteiger partial charge < -0.3 is 11.1 Å².